The Bertz CT molecular complexity index is 239. The predicted molar refractivity (Wildman–Crippen MR) is 39.0 cm³/mol. The summed E-state index contributed by atoms with van der Waals surface area (Å²) in [6.45, 7) is 0. The summed E-state index contributed by atoms with van der Waals surface area (Å²) < 4.78 is 0. The van der Waals surface area contributed by atoms with Gasteiger partial charge in [-0.15, -0.1) is 0 Å². The van der Waals surface area contributed by atoms with Crippen LogP contribution in [0.5, 0.6) is 0 Å². The van der Waals surface area contributed by atoms with Crippen LogP contribution in [-0.4, -0.2) is 11.8 Å². The lowest BCUT2D eigenvalue weighted by atomic mass is 9.70. The Kier molecular flexibility index (Phi) is 0.492. The lowest BCUT2D eigenvalue weighted by Crippen LogP contribution is -2.49. The number of hydrogen-bond donors (Lipinski definition) is 0. The minimum Gasteiger partial charge on any atom is -0.289 e. The fourth-order valence-corrected chi connectivity index (χ4v) is 2.92. The topological polar surface area (TPSA) is 12.4 Å². The zero-order chi connectivity index (χ0) is 6.29. The van der Waals surface area contributed by atoms with Crippen molar-refractivity contribution >= 4 is 5.71 Å². The lowest BCUT2D eigenvalue weighted by molar-refractivity contribution is 0.267. The van der Waals surface area contributed by atoms with Crippen molar-refractivity contribution in [3.8, 4) is 0 Å². The van der Waals surface area contributed by atoms with Crippen LogP contribution >= 0.6 is 0 Å². The van der Waals surface area contributed by atoms with Crippen LogP contribution in [0.15, 0.2) is 4.99 Å². The third-order valence-electron chi connectivity index (χ3n) is 3.79. The molecule has 4 aliphatic rings. The molecule has 3 aliphatic carbocycles. The van der Waals surface area contributed by atoms with Crippen LogP contribution in [0.3, 0.4) is 0 Å². The highest BCUT2D eigenvalue weighted by atomic mass is 15.0. The molecule has 1 nitrogen and oxygen atoms in total. The first-order valence-corrected chi connectivity index (χ1v) is 4.53. The molecule has 0 aromatic carbocycles. The summed E-state index contributed by atoms with van der Waals surface area (Å²) in [7, 11) is 0. The minimum atomic E-state index is 0.848. The van der Waals surface area contributed by atoms with E-state index in [-0.39, 0.29) is 0 Å². The van der Waals surface area contributed by atoms with Gasteiger partial charge >= 0.3 is 0 Å². The van der Waals surface area contributed by atoms with E-state index in [4.69, 9.17) is 4.99 Å². The molecular formula is C9H11N. The Labute approximate surface area is 60.5 Å². The number of aliphatic imine (C=N–C) groups is 1. The molecule has 0 N–H and O–H groups in total. The van der Waals surface area contributed by atoms with E-state index in [1.165, 1.54) is 19.3 Å². The number of nitrogens with zero attached hydrogens (tertiary/aromatic N) is 1. The highest BCUT2D eigenvalue weighted by Gasteiger charge is 2.68. The lowest BCUT2D eigenvalue weighted by Gasteiger charge is -2.43. The molecular weight excluding hydrogens is 122 g/mol. The van der Waals surface area contributed by atoms with Gasteiger partial charge in [0.2, 0.25) is 0 Å². The second-order valence-corrected chi connectivity index (χ2v) is 4.41. The van der Waals surface area contributed by atoms with Crippen molar-refractivity contribution in [2.45, 2.75) is 25.3 Å². The van der Waals surface area contributed by atoms with E-state index in [9.17, 15) is 0 Å². The molecule has 3 fully saturated rings. The number of fused-ring (bicyclic) bond motifs is 4. The Morgan fingerprint density at radius 2 is 2.10 bits per heavy atom. The van der Waals surface area contributed by atoms with Crippen LogP contribution < -0.4 is 0 Å². The maximum atomic E-state index is 4.69. The van der Waals surface area contributed by atoms with Gasteiger partial charge < -0.3 is 0 Å². The van der Waals surface area contributed by atoms with E-state index in [1.807, 2.05) is 0 Å². The first kappa shape index (κ1) is 4.53. The number of rotatable bonds is 1. The van der Waals surface area contributed by atoms with Gasteiger partial charge in [-0.3, -0.25) is 4.99 Å². The van der Waals surface area contributed by atoms with Crippen molar-refractivity contribution in [1.29, 1.82) is 0 Å². The molecule has 0 saturated heterocycles. The quantitative estimate of drug-likeness (QED) is 0.514. The molecule has 4 atom stereocenters. The van der Waals surface area contributed by atoms with Crippen LogP contribution in [0.2, 0.25) is 0 Å². The van der Waals surface area contributed by atoms with Crippen LogP contribution in [-0.2, 0) is 0 Å². The van der Waals surface area contributed by atoms with Crippen molar-refractivity contribution in [3.63, 3.8) is 0 Å². The van der Waals surface area contributed by atoms with Crippen molar-refractivity contribution in [1.82, 2.24) is 0 Å². The maximum absolute atomic E-state index is 4.69. The van der Waals surface area contributed by atoms with Crippen molar-refractivity contribution in [2.24, 2.45) is 28.7 Å². The van der Waals surface area contributed by atoms with Gasteiger partial charge in [-0.05, 0) is 37.0 Å². The zero-order valence-electron chi connectivity index (χ0n) is 5.96. The summed E-state index contributed by atoms with van der Waals surface area (Å²) in [6.07, 6.45) is 4.44. The SMILES string of the molecule is C1CC1C1=NC2C3CC3C12. The van der Waals surface area contributed by atoms with Crippen LogP contribution in [0.1, 0.15) is 19.3 Å². The van der Waals surface area contributed by atoms with Crippen molar-refractivity contribution in [3.05, 3.63) is 0 Å². The minimum absolute atomic E-state index is 0.848. The monoisotopic (exact) mass is 133 g/mol. The maximum Gasteiger partial charge on any atom is 0.0613 e. The smallest absolute Gasteiger partial charge is 0.0613 e. The molecule has 3 saturated carbocycles. The van der Waals surface area contributed by atoms with Crippen LogP contribution in [0.4, 0.5) is 0 Å². The van der Waals surface area contributed by atoms with E-state index >= 15 is 0 Å². The molecule has 10 heavy (non-hydrogen) atoms. The standard InChI is InChI=1S/C9H11N/c1-2-4(1)8-7-5-3-6(5)9(7)10-8/h4-7,9H,1-3H2. The van der Waals surface area contributed by atoms with E-state index < -0.39 is 0 Å². The van der Waals surface area contributed by atoms with Gasteiger partial charge in [-0.2, -0.15) is 0 Å². The van der Waals surface area contributed by atoms with Crippen LogP contribution in [0.25, 0.3) is 0 Å². The molecule has 0 spiro atoms. The molecule has 4 unspecified atom stereocenters. The molecule has 0 amide bonds. The molecule has 0 aromatic rings. The van der Waals surface area contributed by atoms with Gasteiger partial charge in [0.25, 0.3) is 0 Å². The van der Waals surface area contributed by atoms with E-state index in [1.54, 1.807) is 5.71 Å². The fraction of sp³-hybridized carbons (Fsp3) is 0.889. The summed E-state index contributed by atoms with van der Waals surface area (Å²) in [5, 5.41) is 0. The molecule has 1 heteroatoms. The van der Waals surface area contributed by atoms with Gasteiger partial charge in [0, 0.05) is 11.6 Å². The summed E-state index contributed by atoms with van der Waals surface area (Å²) in [6, 6.07) is 0.848. The Morgan fingerprint density at radius 3 is 2.80 bits per heavy atom. The van der Waals surface area contributed by atoms with Crippen LogP contribution in [0, 0.1) is 23.7 Å². The van der Waals surface area contributed by atoms with E-state index in [0.717, 1.165) is 29.7 Å². The summed E-state index contributed by atoms with van der Waals surface area (Å²) in [5.74, 6) is 4.21. The fourth-order valence-electron chi connectivity index (χ4n) is 2.92. The van der Waals surface area contributed by atoms with Gasteiger partial charge in [0.15, 0.2) is 0 Å². The molecule has 0 aromatic heterocycles. The average Bonchev–Trinajstić information content (AvgIpc) is 2.64. The van der Waals surface area contributed by atoms with Gasteiger partial charge in [0.1, 0.15) is 0 Å². The summed E-state index contributed by atoms with van der Waals surface area (Å²) in [4.78, 5) is 4.69. The first-order chi connectivity index (χ1) is 4.95. The van der Waals surface area contributed by atoms with E-state index in [2.05, 4.69) is 0 Å². The van der Waals surface area contributed by atoms with Crippen molar-refractivity contribution < 1.29 is 0 Å². The summed E-state index contributed by atoms with van der Waals surface area (Å²) in [5.41, 5.74) is 1.64. The molecule has 1 aliphatic heterocycles. The second kappa shape index (κ2) is 1.09. The van der Waals surface area contributed by atoms with Gasteiger partial charge in [-0.1, -0.05) is 0 Å². The Morgan fingerprint density at radius 1 is 1.20 bits per heavy atom. The highest BCUT2D eigenvalue weighted by Crippen LogP contribution is 2.67. The molecule has 1 heterocycles. The third-order valence-corrected chi connectivity index (χ3v) is 3.79. The van der Waals surface area contributed by atoms with Gasteiger partial charge in [-0.25, -0.2) is 0 Å². The zero-order valence-corrected chi connectivity index (χ0v) is 5.96. The molecule has 4 rings (SSSR count). The highest BCUT2D eigenvalue weighted by molar-refractivity contribution is 5.98. The molecule has 0 bridgehead atoms. The average molecular weight is 133 g/mol. The Hall–Kier alpha value is -0.330. The largest absolute Gasteiger partial charge is 0.289 e. The Balaban J connectivity index is 1.71. The predicted octanol–water partition coefficient (Wildman–Crippen LogP) is 1.49. The normalized spacial score (nSPS) is 61.0. The summed E-state index contributed by atoms with van der Waals surface area (Å²) >= 11 is 0. The number of hydrogen-bond acceptors (Lipinski definition) is 1. The molecule has 52 valence electrons. The van der Waals surface area contributed by atoms with Crippen molar-refractivity contribution in [2.75, 3.05) is 0 Å². The second-order valence-electron chi connectivity index (χ2n) is 4.41. The van der Waals surface area contributed by atoms with Gasteiger partial charge in [0.05, 0.1) is 6.04 Å². The van der Waals surface area contributed by atoms with E-state index in [0.29, 0.717) is 0 Å². The molecule has 0 radical (unpaired) electrons. The third kappa shape index (κ3) is 0.320. The first-order valence-electron chi connectivity index (χ1n) is 4.53.